The third-order valence-corrected chi connectivity index (χ3v) is 4.02. The van der Waals surface area contributed by atoms with Crippen molar-refractivity contribution in [1.29, 1.82) is 0 Å². The molecule has 1 aromatic rings. The van der Waals surface area contributed by atoms with Crippen molar-refractivity contribution in [2.45, 2.75) is 12.6 Å². The molecule has 0 amide bonds. The third kappa shape index (κ3) is 4.35. The lowest BCUT2D eigenvalue weighted by atomic mass is 9.92. The van der Waals surface area contributed by atoms with Gasteiger partial charge in [-0.2, -0.15) is 13.2 Å². The van der Waals surface area contributed by atoms with Crippen LogP contribution in [0.25, 0.3) is 0 Å². The van der Waals surface area contributed by atoms with Crippen LogP contribution in [0.1, 0.15) is 12.0 Å². The van der Waals surface area contributed by atoms with Crippen LogP contribution in [-0.2, 0) is 6.18 Å². The molecule has 2 rings (SSSR count). The molecular formula is C15H21F3N2O. The number of alkyl halides is 3. The second kappa shape index (κ2) is 6.66. The average molecular weight is 302 g/mol. The van der Waals surface area contributed by atoms with E-state index >= 15 is 0 Å². The van der Waals surface area contributed by atoms with Crippen molar-refractivity contribution in [2.75, 3.05) is 33.3 Å². The van der Waals surface area contributed by atoms with Crippen LogP contribution in [0.4, 0.5) is 13.2 Å². The van der Waals surface area contributed by atoms with Crippen molar-refractivity contribution >= 4 is 0 Å². The SMILES string of the molecule is CN1CCC(C(CN)COc2cccc(C(F)(F)F)c2)C1. The Kier molecular flexibility index (Phi) is 5.11. The van der Waals surface area contributed by atoms with Crippen LogP contribution in [0.2, 0.25) is 0 Å². The zero-order valence-electron chi connectivity index (χ0n) is 12.1. The molecule has 2 N–H and O–H groups in total. The lowest BCUT2D eigenvalue weighted by Gasteiger charge is -2.22. The summed E-state index contributed by atoms with van der Waals surface area (Å²) < 4.78 is 43.5. The van der Waals surface area contributed by atoms with Gasteiger partial charge < -0.3 is 15.4 Å². The zero-order valence-corrected chi connectivity index (χ0v) is 12.1. The van der Waals surface area contributed by atoms with Crippen molar-refractivity contribution in [1.82, 2.24) is 4.90 Å². The number of nitrogens with two attached hydrogens (primary N) is 1. The molecule has 21 heavy (non-hydrogen) atoms. The number of likely N-dealkylation sites (tertiary alicyclic amines) is 1. The molecule has 2 unspecified atom stereocenters. The summed E-state index contributed by atoms with van der Waals surface area (Å²) in [6.07, 6.45) is -3.29. The van der Waals surface area contributed by atoms with Gasteiger partial charge in [-0.1, -0.05) is 6.07 Å². The smallest absolute Gasteiger partial charge is 0.416 e. The number of ether oxygens (including phenoxy) is 1. The van der Waals surface area contributed by atoms with E-state index in [0.717, 1.165) is 31.6 Å². The fraction of sp³-hybridized carbons (Fsp3) is 0.600. The van der Waals surface area contributed by atoms with Gasteiger partial charge in [-0.25, -0.2) is 0 Å². The monoisotopic (exact) mass is 302 g/mol. The maximum Gasteiger partial charge on any atom is 0.416 e. The molecule has 6 heteroatoms. The zero-order chi connectivity index (χ0) is 15.5. The summed E-state index contributed by atoms with van der Waals surface area (Å²) in [6.45, 7) is 2.84. The highest BCUT2D eigenvalue weighted by molar-refractivity contribution is 5.30. The van der Waals surface area contributed by atoms with Gasteiger partial charge in [-0.3, -0.25) is 0 Å². The lowest BCUT2D eigenvalue weighted by Crippen LogP contribution is -2.30. The Morgan fingerprint density at radius 2 is 2.19 bits per heavy atom. The molecule has 1 aliphatic heterocycles. The van der Waals surface area contributed by atoms with Gasteiger partial charge in [0.05, 0.1) is 12.2 Å². The lowest BCUT2D eigenvalue weighted by molar-refractivity contribution is -0.137. The van der Waals surface area contributed by atoms with E-state index < -0.39 is 11.7 Å². The fourth-order valence-electron chi connectivity index (χ4n) is 2.72. The first-order valence-corrected chi connectivity index (χ1v) is 7.09. The predicted octanol–water partition coefficient (Wildman–Crippen LogP) is 2.61. The second-order valence-electron chi connectivity index (χ2n) is 5.64. The van der Waals surface area contributed by atoms with Crippen LogP contribution in [0.15, 0.2) is 24.3 Å². The molecule has 1 heterocycles. The van der Waals surface area contributed by atoms with E-state index in [-0.39, 0.29) is 11.7 Å². The Morgan fingerprint density at radius 1 is 1.43 bits per heavy atom. The minimum atomic E-state index is -4.35. The molecule has 1 saturated heterocycles. The molecule has 0 aromatic heterocycles. The number of hydrogen-bond acceptors (Lipinski definition) is 3. The van der Waals surface area contributed by atoms with Gasteiger partial charge in [-0.15, -0.1) is 0 Å². The maximum atomic E-state index is 12.6. The number of halogens is 3. The maximum absolute atomic E-state index is 12.6. The highest BCUT2D eigenvalue weighted by Crippen LogP contribution is 2.31. The predicted molar refractivity (Wildman–Crippen MR) is 75.1 cm³/mol. The highest BCUT2D eigenvalue weighted by atomic mass is 19.4. The minimum Gasteiger partial charge on any atom is -0.493 e. The normalized spacial score (nSPS) is 21.5. The third-order valence-electron chi connectivity index (χ3n) is 4.02. The van der Waals surface area contributed by atoms with E-state index in [1.54, 1.807) is 6.07 Å². The van der Waals surface area contributed by atoms with Crippen LogP contribution in [0, 0.1) is 11.8 Å². The molecule has 0 saturated carbocycles. The highest BCUT2D eigenvalue weighted by Gasteiger charge is 2.31. The molecule has 1 aromatic carbocycles. The molecule has 1 aliphatic rings. The Bertz CT molecular complexity index is 464. The van der Waals surface area contributed by atoms with Crippen molar-refractivity contribution < 1.29 is 17.9 Å². The van der Waals surface area contributed by atoms with Gasteiger partial charge in [0.25, 0.3) is 0 Å². The number of rotatable bonds is 5. The first-order chi connectivity index (χ1) is 9.90. The van der Waals surface area contributed by atoms with Gasteiger partial charge in [0.2, 0.25) is 0 Å². The molecule has 0 aliphatic carbocycles. The minimum absolute atomic E-state index is 0.171. The van der Waals surface area contributed by atoms with E-state index in [2.05, 4.69) is 11.9 Å². The summed E-state index contributed by atoms with van der Waals surface area (Å²) in [6, 6.07) is 4.98. The second-order valence-corrected chi connectivity index (χ2v) is 5.64. The molecule has 2 atom stereocenters. The first kappa shape index (κ1) is 16.1. The van der Waals surface area contributed by atoms with Gasteiger partial charge in [-0.05, 0) is 50.7 Å². The fourth-order valence-corrected chi connectivity index (χ4v) is 2.72. The summed E-state index contributed by atoms with van der Waals surface area (Å²) in [5.41, 5.74) is 5.09. The summed E-state index contributed by atoms with van der Waals surface area (Å²) in [7, 11) is 2.06. The molecule has 1 fully saturated rings. The summed E-state index contributed by atoms with van der Waals surface area (Å²) in [5.74, 6) is 0.866. The molecule has 0 radical (unpaired) electrons. The van der Waals surface area contributed by atoms with E-state index in [9.17, 15) is 13.2 Å². The Morgan fingerprint density at radius 3 is 2.76 bits per heavy atom. The number of hydrogen-bond donors (Lipinski definition) is 1. The molecular weight excluding hydrogens is 281 g/mol. The van der Waals surface area contributed by atoms with E-state index in [0.29, 0.717) is 19.1 Å². The Balaban J connectivity index is 1.95. The first-order valence-electron chi connectivity index (χ1n) is 7.09. The molecule has 118 valence electrons. The Hall–Kier alpha value is -1.27. The van der Waals surface area contributed by atoms with Crippen molar-refractivity contribution in [3.8, 4) is 5.75 Å². The topological polar surface area (TPSA) is 38.5 Å². The van der Waals surface area contributed by atoms with Crippen LogP contribution in [-0.4, -0.2) is 38.2 Å². The quantitative estimate of drug-likeness (QED) is 0.908. The van der Waals surface area contributed by atoms with Crippen molar-refractivity contribution in [3.63, 3.8) is 0 Å². The van der Waals surface area contributed by atoms with Crippen molar-refractivity contribution in [3.05, 3.63) is 29.8 Å². The van der Waals surface area contributed by atoms with Gasteiger partial charge >= 0.3 is 6.18 Å². The van der Waals surface area contributed by atoms with E-state index in [4.69, 9.17) is 10.5 Å². The van der Waals surface area contributed by atoms with E-state index in [1.807, 2.05) is 0 Å². The largest absolute Gasteiger partial charge is 0.493 e. The van der Waals surface area contributed by atoms with Crippen LogP contribution >= 0.6 is 0 Å². The van der Waals surface area contributed by atoms with Crippen molar-refractivity contribution in [2.24, 2.45) is 17.6 Å². The number of nitrogens with zero attached hydrogens (tertiary/aromatic N) is 1. The molecule has 0 bridgehead atoms. The average Bonchev–Trinajstić information content (AvgIpc) is 2.85. The molecule has 3 nitrogen and oxygen atoms in total. The van der Waals surface area contributed by atoms with Crippen LogP contribution < -0.4 is 10.5 Å². The van der Waals surface area contributed by atoms with Gasteiger partial charge in [0.15, 0.2) is 0 Å². The standard InChI is InChI=1S/C15H21F3N2O/c1-20-6-5-11(9-20)12(8-19)10-21-14-4-2-3-13(7-14)15(16,17)18/h2-4,7,11-12H,5-6,8-10,19H2,1H3. The van der Waals surface area contributed by atoms with Crippen LogP contribution in [0.5, 0.6) is 5.75 Å². The van der Waals surface area contributed by atoms with Gasteiger partial charge in [0, 0.05) is 12.5 Å². The van der Waals surface area contributed by atoms with Crippen LogP contribution in [0.3, 0.4) is 0 Å². The van der Waals surface area contributed by atoms with Gasteiger partial charge in [0.1, 0.15) is 5.75 Å². The summed E-state index contributed by atoms with van der Waals surface area (Å²) >= 11 is 0. The number of benzene rings is 1. The van der Waals surface area contributed by atoms with E-state index in [1.165, 1.54) is 6.07 Å². The summed E-state index contributed by atoms with van der Waals surface area (Å²) in [4.78, 5) is 2.23. The summed E-state index contributed by atoms with van der Waals surface area (Å²) in [5, 5.41) is 0. The Labute approximate surface area is 122 Å². The molecule has 0 spiro atoms.